The monoisotopic (exact) mass is 368 g/mol. The number of benzene rings is 1. The minimum atomic E-state index is -0.475. The largest absolute Gasteiger partial charge is 0.350 e. The van der Waals surface area contributed by atoms with Gasteiger partial charge in [-0.3, -0.25) is 4.79 Å². The summed E-state index contributed by atoms with van der Waals surface area (Å²) in [5, 5.41) is 3.19. The molecule has 1 aromatic carbocycles. The van der Waals surface area contributed by atoms with Crippen molar-refractivity contribution >= 4 is 11.9 Å². The lowest BCUT2D eigenvalue weighted by Crippen LogP contribution is -2.47. The molecule has 0 bridgehead atoms. The van der Waals surface area contributed by atoms with Crippen LogP contribution in [0.1, 0.15) is 34.3 Å². The predicted octanol–water partition coefficient (Wildman–Crippen LogP) is 2.38. The van der Waals surface area contributed by atoms with Crippen molar-refractivity contribution in [3.05, 3.63) is 53.3 Å². The van der Waals surface area contributed by atoms with Gasteiger partial charge in [0.25, 0.3) is 5.91 Å². The van der Waals surface area contributed by atoms with Crippen LogP contribution < -0.4 is 5.32 Å². The zero-order valence-electron chi connectivity index (χ0n) is 15.5. The zero-order valence-corrected chi connectivity index (χ0v) is 15.5. The molecule has 0 radical (unpaired) electrons. The molecule has 2 aromatic rings. The van der Waals surface area contributed by atoms with E-state index >= 15 is 0 Å². The number of likely N-dealkylation sites (tertiary alicyclic amines) is 1. The Hall–Kier alpha value is -2.51. The molecule has 142 valence electrons. The van der Waals surface area contributed by atoms with Gasteiger partial charge in [0.1, 0.15) is 0 Å². The Bertz CT molecular complexity index is 793. The summed E-state index contributed by atoms with van der Waals surface area (Å²) in [6, 6.07) is 8.26. The molecule has 4 rings (SSSR count). The minimum absolute atomic E-state index is 0.0481. The van der Waals surface area contributed by atoms with Crippen molar-refractivity contribution in [2.75, 3.05) is 31.6 Å². The van der Waals surface area contributed by atoms with Gasteiger partial charge in [-0.1, -0.05) is 29.8 Å². The molecule has 0 atom stereocenters. The van der Waals surface area contributed by atoms with Gasteiger partial charge >= 0.3 is 0 Å². The third-order valence-corrected chi connectivity index (χ3v) is 5.06. The van der Waals surface area contributed by atoms with E-state index in [1.165, 1.54) is 5.56 Å². The van der Waals surface area contributed by atoms with Crippen molar-refractivity contribution < 1.29 is 14.3 Å². The van der Waals surface area contributed by atoms with E-state index in [2.05, 4.69) is 40.4 Å². The van der Waals surface area contributed by atoms with Crippen LogP contribution in [0.15, 0.2) is 36.7 Å². The Kier molecular flexibility index (Phi) is 5.05. The quantitative estimate of drug-likeness (QED) is 0.893. The van der Waals surface area contributed by atoms with E-state index in [4.69, 9.17) is 9.47 Å². The van der Waals surface area contributed by atoms with Crippen molar-refractivity contribution in [1.82, 2.24) is 14.9 Å². The van der Waals surface area contributed by atoms with Crippen LogP contribution in [0.3, 0.4) is 0 Å². The maximum Gasteiger partial charge on any atom is 0.256 e. The van der Waals surface area contributed by atoms with Crippen molar-refractivity contribution in [2.45, 2.75) is 32.1 Å². The summed E-state index contributed by atoms with van der Waals surface area (Å²) in [6.45, 7) is 5.22. The molecular formula is C20H24N4O3. The average molecular weight is 368 g/mol. The summed E-state index contributed by atoms with van der Waals surface area (Å²) in [6.07, 6.45) is 4.58. The molecule has 3 heterocycles. The normalized spacial score (nSPS) is 18.6. The molecule has 1 aromatic heterocycles. The highest BCUT2D eigenvalue weighted by Gasteiger charge is 2.40. The number of nitrogens with zero attached hydrogens (tertiary/aromatic N) is 3. The number of amides is 1. The Balaban J connectivity index is 1.32. The first-order valence-corrected chi connectivity index (χ1v) is 9.32. The fourth-order valence-electron chi connectivity index (χ4n) is 3.55. The van der Waals surface area contributed by atoms with Crippen LogP contribution in [0.25, 0.3) is 0 Å². The highest BCUT2D eigenvalue weighted by Crippen LogP contribution is 2.31. The lowest BCUT2D eigenvalue weighted by Gasteiger charge is -2.37. The molecule has 7 heteroatoms. The Labute approximate surface area is 158 Å². The van der Waals surface area contributed by atoms with E-state index in [0.29, 0.717) is 57.2 Å². The Morgan fingerprint density at radius 2 is 1.89 bits per heavy atom. The maximum absolute atomic E-state index is 12.7. The van der Waals surface area contributed by atoms with Crippen LogP contribution in [0.4, 0.5) is 5.95 Å². The summed E-state index contributed by atoms with van der Waals surface area (Å²) >= 11 is 0. The molecule has 2 aliphatic rings. The van der Waals surface area contributed by atoms with Crippen LogP contribution in [0.2, 0.25) is 0 Å². The lowest BCUT2D eigenvalue weighted by molar-refractivity contribution is -0.181. The number of anilines is 1. The topological polar surface area (TPSA) is 76.6 Å². The highest BCUT2D eigenvalue weighted by molar-refractivity contribution is 5.93. The van der Waals surface area contributed by atoms with E-state index in [9.17, 15) is 4.79 Å². The molecule has 27 heavy (non-hydrogen) atoms. The minimum Gasteiger partial charge on any atom is -0.350 e. The zero-order chi connectivity index (χ0) is 18.7. The van der Waals surface area contributed by atoms with E-state index < -0.39 is 5.79 Å². The number of rotatable bonds is 4. The van der Waals surface area contributed by atoms with Crippen molar-refractivity contribution in [2.24, 2.45) is 0 Å². The first kappa shape index (κ1) is 17.9. The van der Waals surface area contributed by atoms with Crippen LogP contribution in [0, 0.1) is 6.92 Å². The predicted molar refractivity (Wildman–Crippen MR) is 100 cm³/mol. The fraction of sp³-hybridized carbons (Fsp3) is 0.450. The Morgan fingerprint density at radius 3 is 2.56 bits per heavy atom. The molecule has 0 unspecified atom stereocenters. The van der Waals surface area contributed by atoms with Crippen LogP contribution in [-0.2, 0) is 16.0 Å². The summed E-state index contributed by atoms with van der Waals surface area (Å²) in [5.41, 5.74) is 2.88. The van der Waals surface area contributed by atoms with Crippen LogP contribution in [0.5, 0.6) is 0 Å². The Morgan fingerprint density at radius 1 is 1.19 bits per heavy atom. The number of carbonyl (C=O) groups is 1. The van der Waals surface area contributed by atoms with E-state index in [0.717, 1.165) is 5.56 Å². The molecule has 7 nitrogen and oxygen atoms in total. The van der Waals surface area contributed by atoms with Gasteiger partial charge < -0.3 is 19.7 Å². The number of hydrogen-bond donors (Lipinski definition) is 1. The molecular weight excluding hydrogens is 344 g/mol. The second-order valence-corrected chi connectivity index (χ2v) is 7.04. The summed E-state index contributed by atoms with van der Waals surface area (Å²) in [4.78, 5) is 23.1. The second-order valence-electron chi connectivity index (χ2n) is 7.04. The van der Waals surface area contributed by atoms with E-state index in [1.807, 2.05) is 11.0 Å². The molecule has 2 aliphatic heterocycles. The van der Waals surface area contributed by atoms with Crippen LogP contribution >= 0.6 is 0 Å². The molecule has 1 amide bonds. The average Bonchev–Trinajstić information content (AvgIpc) is 3.15. The number of aromatic nitrogens is 2. The van der Waals surface area contributed by atoms with E-state index in [-0.39, 0.29) is 5.91 Å². The van der Waals surface area contributed by atoms with Gasteiger partial charge in [-0.05, 0) is 12.5 Å². The summed E-state index contributed by atoms with van der Waals surface area (Å²) in [7, 11) is 0. The van der Waals surface area contributed by atoms with Gasteiger partial charge in [0.2, 0.25) is 5.95 Å². The molecule has 0 aliphatic carbocycles. The van der Waals surface area contributed by atoms with Crippen molar-refractivity contribution in [3.8, 4) is 0 Å². The van der Waals surface area contributed by atoms with Gasteiger partial charge in [-0.25, -0.2) is 9.97 Å². The number of aryl methyl sites for hydroxylation is 1. The van der Waals surface area contributed by atoms with Crippen LogP contribution in [-0.4, -0.2) is 52.9 Å². The number of piperidine rings is 1. The van der Waals surface area contributed by atoms with Crippen molar-refractivity contribution in [1.29, 1.82) is 0 Å². The van der Waals surface area contributed by atoms with E-state index in [1.54, 1.807) is 12.4 Å². The summed E-state index contributed by atoms with van der Waals surface area (Å²) < 4.78 is 11.4. The van der Waals surface area contributed by atoms with Gasteiger partial charge in [0, 0.05) is 44.9 Å². The standard InChI is InChI=1S/C20H24N4O3/c1-15-3-2-4-16(11-15)12-21-19-22-13-17(14-23-19)18(25)24-7-5-20(6-8-24)26-9-10-27-20/h2-4,11,13-14H,5-10,12H2,1H3,(H,21,22,23). The third kappa shape index (κ3) is 4.09. The molecule has 0 saturated carbocycles. The first-order chi connectivity index (χ1) is 13.1. The smallest absolute Gasteiger partial charge is 0.256 e. The molecule has 1 N–H and O–H groups in total. The van der Waals surface area contributed by atoms with Crippen molar-refractivity contribution in [3.63, 3.8) is 0 Å². The number of hydrogen-bond acceptors (Lipinski definition) is 6. The molecule has 2 saturated heterocycles. The number of nitrogens with one attached hydrogen (secondary N) is 1. The number of ether oxygens (including phenoxy) is 2. The fourth-order valence-corrected chi connectivity index (χ4v) is 3.55. The number of carbonyl (C=O) groups excluding carboxylic acids is 1. The van der Waals surface area contributed by atoms with Gasteiger partial charge in [0.15, 0.2) is 5.79 Å². The first-order valence-electron chi connectivity index (χ1n) is 9.32. The summed E-state index contributed by atoms with van der Waals surface area (Å²) in [5.74, 6) is -0.0110. The SMILES string of the molecule is Cc1cccc(CNc2ncc(C(=O)N3CCC4(CC3)OCCO4)cn2)c1. The third-order valence-electron chi connectivity index (χ3n) is 5.06. The highest BCUT2D eigenvalue weighted by atomic mass is 16.7. The van der Waals surface area contributed by atoms with Gasteiger partial charge in [-0.2, -0.15) is 0 Å². The lowest BCUT2D eigenvalue weighted by atomic mass is 10.0. The molecule has 1 spiro atoms. The van der Waals surface area contributed by atoms with Gasteiger partial charge in [0.05, 0.1) is 18.8 Å². The second kappa shape index (κ2) is 7.62. The van der Waals surface area contributed by atoms with Gasteiger partial charge in [-0.15, -0.1) is 0 Å². The maximum atomic E-state index is 12.7. The molecule has 2 fully saturated rings.